The molecule has 1 aliphatic carbocycles. The molecule has 1 aromatic carbocycles. The summed E-state index contributed by atoms with van der Waals surface area (Å²) in [4.78, 5) is 9.26. The van der Waals surface area contributed by atoms with Gasteiger partial charge in [0.25, 0.3) is 0 Å². The third kappa shape index (κ3) is 3.62. The fourth-order valence-corrected chi connectivity index (χ4v) is 3.69. The van der Waals surface area contributed by atoms with Crippen molar-refractivity contribution in [2.45, 2.75) is 18.9 Å². The van der Waals surface area contributed by atoms with Crippen LogP contribution in [0.1, 0.15) is 18.9 Å². The molecule has 0 unspecified atom stereocenters. The first-order valence-electron chi connectivity index (χ1n) is 10.6. The minimum Gasteiger partial charge on any atom is -0.309 e. The number of imidazole rings is 1. The Hall–Kier alpha value is -4.33. The lowest BCUT2D eigenvalue weighted by molar-refractivity contribution is -0.643. The number of aromatic nitrogens is 7. The van der Waals surface area contributed by atoms with Gasteiger partial charge in [0.2, 0.25) is 12.4 Å². The first-order valence-corrected chi connectivity index (χ1v) is 10.6. The Morgan fingerprint density at radius 2 is 1.72 bits per heavy atom. The Morgan fingerprint density at radius 3 is 2.53 bits per heavy atom. The molecule has 4 aromatic heterocycles. The number of benzene rings is 1. The van der Waals surface area contributed by atoms with Gasteiger partial charge < -0.3 is 9.13 Å². The summed E-state index contributed by atoms with van der Waals surface area (Å²) >= 11 is 0. The standard InChI is InChI=1S/C24H21N8/c1-2-5-18(6-3-1)22-15-30(16-25-22)19-11-13-31(14-12-19)29-23-8-4-7-21(27-23)24-28-26-17-32(24)20-9-10-20/h1-8,11-17,20H,9-10H2,(H,27,29)/q+1. The van der Waals surface area contributed by atoms with Crippen LogP contribution in [-0.2, 0) is 0 Å². The van der Waals surface area contributed by atoms with Crippen LogP contribution in [0.2, 0.25) is 0 Å². The van der Waals surface area contributed by atoms with E-state index in [2.05, 4.69) is 37.3 Å². The summed E-state index contributed by atoms with van der Waals surface area (Å²) in [7, 11) is 0. The monoisotopic (exact) mass is 421 g/mol. The van der Waals surface area contributed by atoms with Crippen molar-refractivity contribution in [3.05, 3.63) is 91.9 Å². The summed E-state index contributed by atoms with van der Waals surface area (Å²) in [5.41, 5.74) is 7.18. The molecule has 1 N–H and O–H groups in total. The van der Waals surface area contributed by atoms with Gasteiger partial charge >= 0.3 is 0 Å². The Bertz CT molecular complexity index is 1350. The quantitative estimate of drug-likeness (QED) is 0.423. The van der Waals surface area contributed by atoms with Crippen molar-refractivity contribution in [3.8, 4) is 28.5 Å². The Kier molecular flexibility index (Phi) is 4.46. The highest BCUT2D eigenvalue weighted by Crippen LogP contribution is 2.37. The summed E-state index contributed by atoms with van der Waals surface area (Å²) in [6, 6.07) is 20.6. The lowest BCUT2D eigenvalue weighted by Crippen LogP contribution is -2.41. The molecular formula is C24H21N8+. The second-order valence-corrected chi connectivity index (χ2v) is 7.81. The summed E-state index contributed by atoms with van der Waals surface area (Å²) in [5, 5.41) is 8.34. The number of anilines is 1. The SMILES string of the molecule is c1ccc(-c2cn(-c3cc[n+](Nc4cccc(-c5nncn5C5CC5)n4)cc3)cn2)cc1. The fraction of sp³-hybridized carbons (Fsp3) is 0.125. The highest BCUT2D eigenvalue weighted by molar-refractivity contribution is 5.58. The van der Waals surface area contributed by atoms with Gasteiger partial charge in [0, 0.05) is 29.9 Å². The lowest BCUT2D eigenvalue weighted by Gasteiger charge is -2.06. The van der Waals surface area contributed by atoms with E-state index in [4.69, 9.17) is 4.98 Å². The number of nitrogens with zero attached hydrogens (tertiary/aromatic N) is 7. The van der Waals surface area contributed by atoms with Crippen LogP contribution in [0.25, 0.3) is 28.5 Å². The van der Waals surface area contributed by atoms with E-state index in [0.717, 1.165) is 34.3 Å². The average Bonchev–Trinajstić information content (AvgIpc) is 3.36. The second-order valence-electron chi connectivity index (χ2n) is 7.81. The van der Waals surface area contributed by atoms with Crippen LogP contribution >= 0.6 is 0 Å². The zero-order chi connectivity index (χ0) is 21.3. The van der Waals surface area contributed by atoms with Crippen molar-refractivity contribution < 1.29 is 4.68 Å². The van der Waals surface area contributed by atoms with Gasteiger partial charge in [-0.25, -0.2) is 9.97 Å². The minimum atomic E-state index is 0.505. The molecule has 1 fully saturated rings. The van der Waals surface area contributed by atoms with Gasteiger partial charge in [0.1, 0.15) is 12.0 Å². The smallest absolute Gasteiger partial charge is 0.202 e. The van der Waals surface area contributed by atoms with Crippen LogP contribution in [-0.4, -0.2) is 29.3 Å². The van der Waals surface area contributed by atoms with E-state index in [1.807, 2.05) is 82.7 Å². The zero-order valence-electron chi connectivity index (χ0n) is 17.3. The highest BCUT2D eigenvalue weighted by atomic mass is 15.4. The van der Waals surface area contributed by atoms with Crippen molar-refractivity contribution in [2.24, 2.45) is 0 Å². The van der Waals surface area contributed by atoms with Crippen LogP contribution in [0, 0.1) is 0 Å². The van der Waals surface area contributed by atoms with Gasteiger partial charge in [0.05, 0.1) is 17.7 Å². The zero-order valence-corrected chi connectivity index (χ0v) is 17.3. The third-order valence-corrected chi connectivity index (χ3v) is 5.50. The van der Waals surface area contributed by atoms with Crippen molar-refractivity contribution >= 4 is 5.82 Å². The predicted octanol–water partition coefficient (Wildman–Crippen LogP) is 3.69. The largest absolute Gasteiger partial charge is 0.309 e. The maximum atomic E-state index is 4.73. The van der Waals surface area contributed by atoms with Gasteiger partial charge in [-0.05, 0) is 25.0 Å². The van der Waals surface area contributed by atoms with Gasteiger partial charge in [-0.2, -0.15) is 0 Å². The van der Waals surface area contributed by atoms with Gasteiger partial charge in [0.15, 0.2) is 11.6 Å². The molecule has 5 aromatic rings. The molecule has 1 aliphatic rings. The number of pyridine rings is 2. The third-order valence-electron chi connectivity index (χ3n) is 5.50. The number of rotatable bonds is 6. The van der Waals surface area contributed by atoms with Crippen LogP contribution in [0.5, 0.6) is 0 Å². The number of hydrogen-bond acceptors (Lipinski definition) is 5. The Morgan fingerprint density at radius 1 is 0.875 bits per heavy atom. The maximum Gasteiger partial charge on any atom is 0.202 e. The van der Waals surface area contributed by atoms with Gasteiger partial charge in [-0.1, -0.05) is 41.1 Å². The van der Waals surface area contributed by atoms with Crippen molar-refractivity contribution in [1.29, 1.82) is 0 Å². The predicted molar refractivity (Wildman–Crippen MR) is 120 cm³/mol. The summed E-state index contributed by atoms with van der Waals surface area (Å²) < 4.78 is 6.00. The molecule has 6 rings (SSSR count). The molecule has 32 heavy (non-hydrogen) atoms. The van der Waals surface area contributed by atoms with Gasteiger partial charge in [-0.3, -0.25) is 0 Å². The number of nitrogens with one attached hydrogen (secondary N) is 1. The molecule has 0 amide bonds. The molecule has 0 atom stereocenters. The molecule has 0 spiro atoms. The molecule has 4 heterocycles. The van der Waals surface area contributed by atoms with Crippen molar-refractivity contribution in [2.75, 3.05) is 5.43 Å². The summed E-state index contributed by atoms with van der Waals surface area (Å²) in [6.45, 7) is 0. The van der Waals surface area contributed by atoms with Crippen molar-refractivity contribution in [1.82, 2.24) is 29.3 Å². The Labute approximate surface area is 184 Å². The summed E-state index contributed by atoms with van der Waals surface area (Å²) in [6.07, 6.45) is 11.9. The van der Waals surface area contributed by atoms with E-state index in [1.165, 1.54) is 12.8 Å². The molecule has 156 valence electrons. The molecule has 0 saturated heterocycles. The van der Waals surface area contributed by atoms with Crippen LogP contribution in [0.4, 0.5) is 5.82 Å². The van der Waals surface area contributed by atoms with E-state index in [9.17, 15) is 0 Å². The second kappa shape index (κ2) is 7.73. The highest BCUT2D eigenvalue weighted by Gasteiger charge is 2.27. The van der Waals surface area contributed by atoms with Gasteiger partial charge in [-0.15, -0.1) is 15.6 Å². The van der Waals surface area contributed by atoms with E-state index < -0.39 is 0 Å². The molecular weight excluding hydrogens is 400 g/mol. The van der Waals surface area contributed by atoms with Crippen LogP contribution in [0.15, 0.2) is 91.9 Å². The van der Waals surface area contributed by atoms with E-state index in [0.29, 0.717) is 6.04 Å². The first-order chi connectivity index (χ1) is 15.8. The van der Waals surface area contributed by atoms with Crippen LogP contribution < -0.4 is 10.1 Å². The molecule has 0 aliphatic heterocycles. The van der Waals surface area contributed by atoms with Crippen LogP contribution in [0.3, 0.4) is 0 Å². The van der Waals surface area contributed by atoms with Crippen molar-refractivity contribution in [3.63, 3.8) is 0 Å². The molecule has 0 bridgehead atoms. The number of hydrogen-bond donors (Lipinski definition) is 1. The molecule has 0 radical (unpaired) electrons. The molecule has 1 saturated carbocycles. The maximum absolute atomic E-state index is 4.73. The topological polar surface area (TPSA) is 77.3 Å². The fourth-order valence-electron chi connectivity index (χ4n) is 3.69. The average molecular weight is 421 g/mol. The lowest BCUT2D eigenvalue weighted by atomic mass is 10.2. The van der Waals surface area contributed by atoms with E-state index >= 15 is 0 Å². The van der Waals surface area contributed by atoms with E-state index in [-0.39, 0.29) is 0 Å². The van der Waals surface area contributed by atoms with E-state index in [1.54, 1.807) is 6.33 Å². The minimum absolute atomic E-state index is 0.505. The summed E-state index contributed by atoms with van der Waals surface area (Å²) in [5.74, 6) is 1.55. The first kappa shape index (κ1) is 18.4. The Balaban J connectivity index is 1.20. The normalized spacial score (nSPS) is 13.2. The molecule has 8 heteroatoms. The molecule has 8 nitrogen and oxygen atoms in total.